The van der Waals surface area contributed by atoms with Crippen molar-refractivity contribution in [1.29, 1.82) is 0 Å². The van der Waals surface area contributed by atoms with E-state index in [1.807, 2.05) is 45.9 Å². The Balaban J connectivity index is 1.57. The number of ether oxygens (including phenoxy) is 1. The molecule has 192 valence electrons. The molecule has 1 aromatic heterocycles. The second kappa shape index (κ2) is 11.6. The maximum Gasteiger partial charge on any atom is 0.351 e. The summed E-state index contributed by atoms with van der Waals surface area (Å²) in [5, 5.41) is 3.36. The van der Waals surface area contributed by atoms with Crippen LogP contribution >= 0.6 is 0 Å². The van der Waals surface area contributed by atoms with Crippen LogP contribution < -0.4 is 15.9 Å². The summed E-state index contributed by atoms with van der Waals surface area (Å²) in [6.07, 6.45) is 5.16. The van der Waals surface area contributed by atoms with Crippen LogP contribution in [0.3, 0.4) is 0 Å². The van der Waals surface area contributed by atoms with Gasteiger partial charge in [0.2, 0.25) is 0 Å². The molecular formula is C28H37N5O3. The molecule has 0 aliphatic carbocycles. The minimum absolute atomic E-state index is 0.238. The summed E-state index contributed by atoms with van der Waals surface area (Å²) in [6.45, 7) is 12.7. The van der Waals surface area contributed by atoms with E-state index >= 15 is 0 Å². The zero-order valence-corrected chi connectivity index (χ0v) is 21.8. The van der Waals surface area contributed by atoms with Crippen molar-refractivity contribution < 1.29 is 9.53 Å². The number of hydrogen-bond donors (Lipinski definition) is 1. The molecule has 1 fully saturated rings. The molecule has 3 heterocycles. The lowest BCUT2D eigenvalue weighted by Gasteiger charge is -2.38. The Hall–Kier alpha value is -3.39. The number of aromatic nitrogens is 2. The number of fused-ring (bicyclic) bond motifs is 1. The van der Waals surface area contributed by atoms with E-state index in [2.05, 4.69) is 44.4 Å². The number of esters is 1. The molecular weight excluding hydrogens is 454 g/mol. The van der Waals surface area contributed by atoms with E-state index in [-0.39, 0.29) is 17.6 Å². The number of benzene rings is 1. The van der Waals surface area contributed by atoms with Gasteiger partial charge in [-0.05, 0) is 25.8 Å². The van der Waals surface area contributed by atoms with Gasteiger partial charge in [-0.2, -0.15) is 4.98 Å². The molecule has 2 aliphatic rings. The minimum Gasteiger partial charge on any atom is -0.463 e. The Labute approximate surface area is 213 Å². The Bertz CT molecular complexity index is 1190. The summed E-state index contributed by atoms with van der Waals surface area (Å²) in [6, 6.07) is 10.3. The number of piperazine rings is 1. The predicted molar refractivity (Wildman–Crippen MR) is 144 cm³/mol. The molecule has 0 bridgehead atoms. The fraction of sp³-hybridized carbons (Fsp3) is 0.464. The Morgan fingerprint density at radius 2 is 1.89 bits per heavy atom. The SMILES string of the molecule is CCCn1c2c(c(N3CCN(C/C=C/c4ccccc4)CC3)nc1=O)C(C)C(C(=O)OCC)=C(C)N2. The molecule has 8 nitrogen and oxygen atoms in total. The lowest BCUT2D eigenvalue weighted by Crippen LogP contribution is -2.48. The van der Waals surface area contributed by atoms with Gasteiger partial charge in [0.25, 0.3) is 0 Å². The van der Waals surface area contributed by atoms with Gasteiger partial charge < -0.3 is 15.0 Å². The molecule has 8 heteroatoms. The number of rotatable bonds is 8. The van der Waals surface area contributed by atoms with Crippen LogP contribution in [0, 0.1) is 0 Å². The summed E-state index contributed by atoms with van der Waals surface area (Å²) in [4.78, 5) is 35.0. The summed E-state index contributed by atoms with van der Waals surface area (Å²) in [7, 11) is 0. The molecule has 1 saturated heterocycles. The number of carbonyl (C=O) groups excluding carboxylic acids is 1. The standard InChI is InChI=1S/C28H37N5O3/c1-5-14-33-26-24(20(3)23(21(4)29-26)27(34)36-6-2)25(30-28(33)35)32-18-16-31(17-19-32)15-10-13-22-11-8-7-9-12-22/h7-13,20,29H,5-6,14-19H2,1-4H3/b13-10+. The first-order chi connectivity index (χ1) is 17.4. The molecule has 2 aliphatic heterocycles. The normalized spacial score (nSPS) is 18.3. The number of nitrogens with zero attached hydrogens (tertiary/aromatic N) is 4. The van der Waals surface area contributed by atoms with Gasteiger partial charge >= 0.3 is 11.7 Å². The number of hydrogen-bond acceptors (Lipinski definition) is 7. The first-order valence-corrected chi connectivity index (χ1v) is 12.9. The molecule has 4 rings (SSSR count). The Morgan fingerprint density at radius 1 is 1.17 bits per heavy atom. The van der Waals surface area contributed by atoms with Gasteiger partial charge in [-0.15, -0.1) is 0 Å². The van der Waals surface area contributed by atoms with E-state index in [9.17, 15) is 9.59 Å². The third kappa shape index (κ3) is 5.38. The lowest BCUT2D eigenvalue weighted by atomic mass is 9.88. The highest BCUT2D eigenvalue weighted by Gasteiger charge is 2.35. The quantitative estimate of drug-likeness (QED) is 0.562. The van der Waals surface area contributed by atoms with Gasteiger partial charge in [0, 0.05) is 56.4 Å². The van der Waals surface area contributed by atoms with E-state index in [0.29, 0.717) is 24.5 Å². The lowest BCUT2D eigenvalue weighted by molar-refractivity contribution is -0.138. The van der Waals surface area contributed by atoms with Crippen molar-refractivity contribution in [2.45, 2.75) is 46.6 Å². The molecule has 0 spiro atoms. The van der Waals surface area contributed by atoms with E-state index in [0.717, 1.165) is 56.2 Å². The maximum absolute atomic E-state index is 13.1. The highest BCUT2D eigenvalue weighted by molar-refractivity contribution is 5.94. The molecule has 0 radical (unpaired) electrons. The molecule has 1 N–H and O–H groups in total. The monoisotopic (exact) mass is 491 g/mol. The molecule has 1 atom stereocenters. The van der Waals surface area contributed by atoms with Crippen molar-refractivity contribution in [1.82, 2.24) is 14.5 Å². The maximum atomic E-state index is 13.1. The third-order valence-electron chi connectivity index (χ3n) is 6.86. The highest BCUT2D eigenvalue weighted by atomic mass is 16.5. The smallest absolute Gasteiger partial charge is 0.351 e. The topological polar surface area (TPSA) is 79.7 Å². The fourth-order valence-corrected chi connectivity index (χ4v) is 5.06. The zero-order valence-electron chi connectivity index (χ0n) is 21.8. The molecule has 2 aromatic rings. The molecule has 0 saturated carbocycles. The van der Waals surface area contributed by atoms with Gasteiger partial charge in [-0.3, -0.25) is 9.47 Å². The zero-order chi connectivity index (χ0) is 25.7. The fourth-order valence-electron chi connectivity index (χ4n) is 5.06. The second-order valence-electron chi connectivity index (χ2n) is 9.34. The van der Waals surface area contributed by atoms with Crippen molar-refractivity contribution >= 4 is 23.7 Å². The van der Waals surface area contributed by atoms with Crippen molar-refractivity contribution in [3.05, 3.63) is 69.3 Å². The molecule has 0 amide bonds. The van der Waals surface area contributed by atoms with Crippen molar-refractivity contribution in [3.8, 4) is 0 Å². The Kier molecular flexibility index (Phi) is 8.25. The van der Waals surface area contributed by atoms with Gasteiger partial charge in [-0.25, -0.2) is 9.59 Å². The number of anilines is 2. The van der Waals surface area contributed by atoms with E-state index in [1.54, 1.807) is 4.57 Å². The van der Waals surface area contributed by atoms with Crippen LogP contribution in [0.15, 0.2) is 52.5 Å². The van der Waals surface area contributed by atoms with E-state index < -0.39 is 0 Å². The van der Waals surface area contributed by atoms with Crippen LogP contribution in [0.1, 0.15) is 51.2 Å². The van der Waals surface area contributed by atoms with Gasteiger partial charge in [-0.1, -0.05) is 56.3 Å². The molecule has 1 aromatic carbocycles. The van der Waals surface area contributed by atoms with Gasteiger partial charge in [0.1, 0.15) is 11.6 Å². The second-order valence-corrected chi connectivity index (χ2v) is 9.34. The summed E-state index contributed by atoms with van der Waals surface area (Å²) in [5.41, 5.74) is 3.16. The van der Waals surface area contributed by atoms with Crippen LogP contribution in [0.2, 0.25) is 0 Å². The van der Waals surface area contributed by atoms with Crippen LogP contribution in [-0.2, 0) is 16.1 Å². The predicted octanol–water partition coefficient (Wildman–Crippen LogP) is 3.85. The van der Waals surface area contributed by atoms with Crippen LogP contribution in [-0.4, -0.2) is 59.8 Å². The summed E-state index contributed by atoms with van der Waals surface area (Å²) < 4.78 is 7.05. The van der Waals surface area contributed by atoms with E-state index in [1.165, 1.54) is 5.56 Å². The van der Waals surface area contributed by atoms with Crippen LogP contribution in [0.4, 0.5) is 11.6 Å². The number of allylic oxidation sites excluding steroid dienone is 1. The van der Waals surface area contributed by atoms with E-state index in [4.69, 9.17) is 4.74 Å². The minimum atomic E-state index is -0.324. The number of nitrogens with one attached hydrogen (secondary N) is 1. The highest BCUT2D eigenvalue weighted by Crippen LogP contribution is 2.41. The molecule has 36 heavy (non-hydrogen) atoms. The first kappa shape index (κ1) is 25.7. The Morgan fingerprint density at radius 3 is 2.56 bits per heavy atom. The van der Waals surface area contributed by atoms with Crippen molar-refractivity contribution in [2.75, 3.05) is 49.5 Å². The van der Waals surface area contributed by atoms with Crippen LogP contribution in [0.25, 0.3) is 6.08 Å². The van der Waals surface area contributed by atoms with Gasteiger partial charge in [0.15, 0.2) is 0 Å². The third-order valence-corrected chi connectivity index (χ3v) is 6.86. The average Bonchev–Trinajstić information content (AvgIpc) is 2.87. The van der Waals surface area contributed by atoms with Gasteiger partial charge in [0.05, 0.1) is 12.2 Å². The largest absolute Gasteiger partial charge is 0.463 e. The van der Waals surface area contributed by atoms with Crippen molar-refractivity contribution in [3.63, 3.8) is 0 Å². The summed E-state index contributed by atoms with van der Waals surface area (Å²) in [5.74, 6) is 0.863. The van der Waals surface area contributed by atoms with Crippen LogP contribution in [0.5, 0.6) is 0 Å². The average molecular weight is 492 g/mol. The number of carbonyl (C=O) groups is 1. The first-order valence-electron chi connectivity index (χ1n) is 12.9. The molecule has 1 unspecified atom stereocenters. The van der Waals surface area contributed by atoms with Crippen molar-refractivity contribution in [2.24, 2.45) is 0 Å². The summed E-state index contributed by atoms with van der Waals surface area (Å²) >= 11 is 0.